The van der Waals surface area contributed by atoms with Crippen LogP contribution in [0.2, 0.25) is 0 Å². The molecule has 2 heterocycles. The number of carboxylic acid groups (broad SMARTS) is 1. The lowest BCUT2D eigenvalue weighted by Crippen LogP contribution is -2.38. The molecule has 0 spiro atoms. The SMILES string of the molecule is CN(C(=O)c1cnn2c1CNCC2)C1(c2cccc(C(=O)O)c2)CC1. The van der Waals surface area contributed by atoms with Crippen molar-refractivity contribution in [1.82, 2.24) is 20.0 Å². The molecule has 1 saturated carbocycles. The van der Waals surface area contributed by atoms with E-state index in [1.807, 2.05) is 10.7 Å². The summed E-state index contributed by atoms with van der Waals surface area (Å²) in [5.41, 5.74) is 2.24. The maximum absolute atomic E-state index is 13.1. The Bertz CT molecular complexity index is 854. The zero-order valence-electron chi connectivity index (χ0n) is 14.0. The number of fused-ring (bicyclic) bond motifs is 1. The molecule has 1 fully saturated rings. The van der Waals surface area contributed by atoms with Gasteiger partial charge in [-0.3, -0.25) is 9.48 Å². The van der Waals surface area contributed by atoms with Gasteiger partial charge < -0.3 is 15.3 Å². The molecule has 0 radical (unpaired) electrons. The van der Waals surface area contributed by atoms with E-state index in [1.54, 1.807) is 36.3 Å². The van der Waals surface area contributed by atoms with Crippen molar-refractivity contribution < 1.29 is 14.7 Å². The van der Waals surface area contributed by atoms with E-state index in [4.69, 9.17) is 0 Å². The normalized spacial score (nSPS) is 17.6. The van der Waals surface area contributed by atoms with Gasteiger partial charge in [0.1, 0.15) is 0 Å². The fourth-order valence-corrected chi connectivity index (χ4v) is 3.61. The molecule has 1 aliphatic carbocycles. The summed E-state index contributed by atoms with van der Waals surface area (Å²) < 4.78 is 1.88. The Morgan fingerprint density at radius 2 is 2.16 bits per heavy atom. The average molecular weight is 340 g/mol. The number of hydrogen-bond donors (Lipinski definition) is 2. The van der Waals surface area contributed by atoms with E-state index in [-0.39, 0.29) is 11.5 Å². The van der Waals surface area contributed by atoms with Crippen molar-refractivity contribution in [3.8, 4) is 0 Å². The summed E-state index contributed by atoms with van der Waals surface area (Å²) in [6, 6.07) is 6.89. The lowest BCUT2D eigenvalue weighted by atomic mass is 10.00. The summed E-state index contributed by atoms with van der Waals surface area (Å²) in [5, 5.41) is 16.8. The molecule has 7 nitrogen and oxygen atoms in total. The molecule has 7 heteroatoms. The van der Waals surface area contributed by atoms with Crippen LogP contribution in [0.1, 0.15) is 44.8 Å². The molecule has 0 unspecified atom stereocenters. The van der Waals surface area contributed by atoms with Crippen LogP contribution >= 0.6 is 0 Å². The second kappa shape index (κ2) is 5.70. The third-order valence-electron chi connectivity index (χ3n) is 5.29. The van der Waals surface area contributed by atoms with Crippen LogP contribution in [0.5, 0.6) is 0 Å². The first-order chi connectivity index (χ1) is 12.0. The zero-order chi connectivity index (χ0) is 17.6. The van der Waals surface area contributed by atoms with E-state index in [1.165, 1.54) is 0 Å². The first-order valence-corrected chi connectivity index (χ1v) is 8.40. The summed E-state index contributed by atoms with van der Waals surface area (Å²) >= 11 is 0. The van der Waals surface area contributed by atoms with Crippen LogP contribution < -0.4 is 5.32 Å². The highest BCUT2D eigenvalue weighted by Gasteiger charge is 2.50. The fourth-order valence-electron chi connectivity index (χ4n) is 3.61. The van der Waals surface area contributed by atoms with Gasteiger partial charge in [-0.15, -0.1) is 0 Å². The lowest BCUT2D eigenvalue weighted by molar-refractivity contribution is 0.0696. The van der Waals surface area contributed by atoms with Gasteiger partial charge in [-0.25, -0.2) is 4.79 Å². The Labute approximate surface area is 145 Å². The van der Waals surface area contributed by atoms with Gasteiger partial charge in [0.05, 0.1) is 35.1 Å². The molecule has 0 atom stereocenters. The predicted octanol–water partition coefficient (Wildman–Crippen LogP) is 1.45. The molecule has 2 N–H and O–H groups in total. The molecular weight excluding hydrogens is 320 g/mol. The number of carbonyl (C=O) groups excluding carboxylic acids is 1. The number of rotatable bonds is 4. The van der Waals surface area contributed by atoms with Crippen LogP contribution in [-0.2, 0) is 18.6 Å². The van der Waals surface area contributed by atoms with Crippen molar-refractivity contribution in [1.29, 1.82) is 0 Å². The van der Waals surface area contributed by atoms with Crippen molar-refractivity contribution in [2.24, 2.45) is 0 Å². The van der Waals surface area contributed by atoms with Crippen molar-refractivity contribution in [2.75, 3.05) is 13.6 Å². The largest absolute Gasteiger partial charge is 0.478 e. The maximum atomic E-state index is 13.1. The number of hydrogen-bond acceptors (Lipinski definition) is 4. The van der Waals surface area contributed by atoms with Gasteiger partial charge in [0, 0.05) is 20.1 Å². The van der Waals surface area contributed by atoms with E-state index in [0.717, 1.165) is 37.2 Å². The molecule has 0 saturated heterocycles. The minimum atomic E-state index is -0.955. The van der Waals surface area contributed by atoms with Crippen molar-refractivity contribution in [3.63, 3.8) is 0 Å². The van der Waals surface area contributed by atoms with Gasteiger partial charge in [0.25, 0.3) is 5.91 Å². The summed E-state index contributed by atoms with van der Waals surface area (Å²) in [4.78, 5) is 26.1. The predicted molar refractivity (Wildman–Crippen MR) is 90.3 cm³/mol. The van der Waals surface area contributed by atoms with Crippen LogP contribution in [0, 0.1) is 0 Å². The van der Waals surface area contributed by atoms with Crippen molar-refractivity contribution in [2.45, 2.75) is 31.5 Å². The van der Waals surface area contributed by atoms with Gasteiger partial charge in [-0.2, -0.15) is 5.10 Å². The van der Waals surface area contributed by atoms with E-state index >= 15 is 0 Å². The lowest BCUT2D eigenvalue weighted by Gasteiger charge is -2.29. The van der Waals surface area contributed by atoms with Crippen molar-refractivity contribution >= 4 is 11.9 Å². The number of benzene rings is 1. The van der Waals surface area contributed by atoms with Crippen LogP contribution in [0.25, 0.3) is 0 Å². The molecule has 4 rings (SSSR count). The maximum Gasteiger partial charge on any atom is 0.335 e. The molecule has 130 valence electrons. The van der Waals surface area contributed by atoms with Crippen molar-refractivity contribution in [3.05, 3.63) is 52.8 Å². The Morgan fingerprint density at radius 1 is 1.36 bits per heavy atom. The number of nitrogens with one attached hydrogen (secondary N) is 1. The number of amides is 1. The summed E-state index contributed by atoms with van der Waals surface area (Å²) in [5.74, 6) is -1.02. The quantitative estimate of drug-likeness (QED) is 0.879. The Hall–Kier alpha value is -2.67. The summed E-state index contributed by atoms with van der Waals surface area (Å²) in [6.07, 6.45) is 3.31. The number of aromatic nitrogens is 2. The third kappa shape index (κ3) is 2.51. The van der Waals surface area contributed by atoms with Gasteiger partial charge >= 0.3 is 5.97 Å². The zero-order valence-corrected chi connectivity index (χ0v) is 14.0. The van der Waals surface area contributed by atoms with Crippen LogP contribution in [0.15, 0.2) is 30.5 Å². The fraction of sp³-hybridized carbons (Fsp3) is 0.389. The summed E-state index contributed by atoms with van der Waals surface area (Å²) in [6.45, 7) is 2.25. The van der Waals surface area contributed by atoms with Gasteiger partial charge in [-0.05, 0) is 30.5 Å². The van der Waals surface area contributed by atoms with Crippen LogP contribution in [-0.4, -0.2) is 45.3 Å². The molecule has 2 aliphatic rings. The minimum Gasteiger partial charge on any atom is -0.478 e. The molecule has 1 aromatic heterocycles. The average Bonchev–Trinajstić information content (AvgIpc) is 3.34. The first kappa shape index (κ1) is 15.8. The second-order valence-electron chi connectivity index (χ2n) is 6.69. The monoisotopic (exact) mass is 340 g/mol. The van der Waals surface area contributed by atoms with E-state index in [2.05, 4.69) is 10.4 Å². The Kier molecular flexibility index (Phi) is 3.61. The van der Waals surface area contributed by atoms with Crippen LogP contribution in [0.3, 0.4) is 0 Å². The topological polar surface area (TPSA) is 87.5 Å². The second-order valence-corrected chi connectivity index (χ2v) is 6.69. The molecule has 25 heavy (non-hydrogen) atoms. The van der Waals surface area contributed by atoms with E-state index in [0.29, 0.717) is 12.1 Å². The Morgan fingerprint density at radius 3 is 2.88 bits per heavy atom. The third-order valence-corrected chi connectivity index (χ3v) is 5.29. The highest BCUT2D eigenvalue weighted by Crippen LogP contribution is 2.51. The minimum absolute atomic E-state index is 0.0665. The Balaban J connectivity index is 1.65. The van der Waals surface area contributed by atoms with Crippen LogP contribution in [0.4, 0.5) is 0 Å². The van der Waals surface area contributed by atoms with Gasteiger partial charge in [0.15, 0.2) is 0 Å². The number of carbonyl (C=O) groups is 2. The summed E-state index contributed by atoms with van der Waals surface area (Å²) in [7, 11) is 1.79. The van der Waals surface area contributed by atoms with Gasteiger partial charge in [0.2, 0.25) is 0 Å². The van der Waals surface area contributed by atoms with Gasteiger partial charge in [-0.1, -0.05) is 12.1 Å². The first-order valence-electron chi connectivity index (χ1n) is 8.40. The molecule has 2 aromatic rings. The van der Waals surface area contributed by atoms with E-state index < -0.39 is 11.5 Å². The molecular formula is C18H20N4O3. The smallest absolute Gasteiger partial charge is 0.335 e. The molecule has 0 bridgehead atoms. The highest BCUT2D eigenvalue weighted by atomic mass is 16.4. The molecule has 1 aromatic carbocycles. The number of carboxylic acids is 1. The standard InChI is InChI=1S/C18H20N4O3/c1-21(16(23)14-10-20-22-8-7-19-11-15(14)22)18(5-6-18)13-4-2-3-12(9-13)17(24)25/h2-4,9-10,19H,5-8,11H2,1H3,(H,24,25). The number of aromatic carboxylic acids is 1. The van der Waals surface area contributed by atoms with E-state index in [9.17, 15) is 14.7 Å². The highest BCUT2D eigenvalue weighted by molar-refractivity contribution is 5.96. The number of nitrogens with zero attached hydrogens (tertiary/aromatic N) is 3. The molecule has 1 amide bonds. The molecule has 1 aliphatic heterocycles.